The molecule has 0 aromatic rings. The fraction of sp³-hybridized carbons (Fsp3) is 0.636. The minimum absolute atomic E-state index is 0.0934. The molecule has 0 unspecified atom stereocenters. The number of ether oxygens (including phenoxy) is 2. The number of hydrogen-bond acceptors (Lipinski definition) is 4. The van der Waals surface area contributed by atoms with Gasteiger partial charge in [0.25, 0.3) is 0 Å². The molecular weight excluding hydrogens is 196 g/mol. The van der Waals surface area contributed by atoms with Gasteiger partial charge >= 0.3 is 12.1 Å². The van der Waals surface area contributed by atoms with Crippen molar-refractivity contribution in [2.75, 3.05) is 0 Å². The lowest BCUT2D eigenvalue weighted by Crippen LogP contribution is -2.23. The van der Waals surface area contributed by atoms with E-state index in [-0.39, 0.29) is 11.7 Å². The maximum atomic E-state index is 11.1. The van der Waals surface area contributed by atoms with Gasteiger partial charge in [-0.25, -0.2) is 9.59 Å². The van der Waals surface area contributed by atoms with Gasteiger partial charge < -0.3 is 9.47 Å². The Morgan fingerprint density at radius 1 is 1.20 bits per heavy atom. The molecule has 0 spiro atoms. The van der Waals surface area contributed by atoms with Crippen LogP contribution in [0.25, 0.3) is 0 Å². The fourth-order valence-corrected chi connectivity index (χ4v) is 1.51. The maximum absolute atomic E-state index is 11.1. The highest BCUT2D eigenvalue weighted by molar-refractivity contribution is 5.93. The summed E-state index contributed by atoms with van der Waals surface area (Å²) in [5, 5.41) is 0. The highest BCUT2D eigenvalue weighted by Crippen LogP contribution is 2.20. The van der Waals surface area contributed by atoms with E-state index < -0.39 is 12.1 Å². The molecule has 1 rings (SSSR count). The number of carbonyl (C=O) groups excluding carboxylic acids is 2. The van der Waals surface area contributed by atoms with Gasteiger partial charge in [-0.1, -0.05) is 13.0 Å². The number of rotatable bonds is 2. The van der Waals surface area contributed by atoms with Crippen molar-refractivity contribution < 1.29 is 19.1 Å². The molecule has 1 fully saturated rings. The zero-order valence-electron chi connectivity index (χ0n) is 8.95. The van der Waals surface area contributed by atoms with Crippen LogP contribution >= 0.6 is 0 Å². The van der Waals surface area contributed by atoms with E-state index in [1.54, 1.807) is 0 Å². The molecule has 0 aromatic heterocycles. The predicted molar refractivity (Wildman–Crippen MR) is 54.3 cm³/mol. The molecule has 0 aliphatic heterocycles. The van der Waals surface area contributed by atoms with Gasteiger partial charge in [-0.2, -0.15) is 0 Å². The van der Waals surface area contributed by atoms with Crippen LogP contribution in [-0.2, 0) is 14.3 Å². The summed E-state index contributed by atoms with van der Waals surface area (Å²) in [7, 11) is 0. The van der Waals surface area contributed by atoms with Crippen LogP contribution in [-0.4, -0.2) is 18.2 Å². The van der Waals surface area contributed by atoms with Gasteiger partial charge in [0.05, 0.1) is 0 Å². The quantitative estimate of drug-likeness (QED) is 0.401. The summed E-state index contributed by atoms with van der Waals surface area (Å²) >= 11 is 0. The molecule has 1 aliphatic carbocycles. The first-order valence-corrected chi connectivity index (χ1v) is 5.18. The Hall–Kier alpha value is -1.32. The van der Waals surface area contributed by atoms with Crippen LogP contribution in [0, 0.1) is 0 Å². The van der Waals surface area contributed by atoms with Crippen molar-refractivity contribution in [3.63, 3.8) is 0 Å². The zero-order chi connectivity index (χ0) is 11.3. The van der Waals surface area contributed by atoms with E-state index >= 15 is 0 Å². The maximum Gasteiger partial charge on any atom is 0.516 e. The molecule has 84 valence electrons. The van der Waals surface area contributed by atoms with Crippen molar-refractivity contribution in [1.82, 2.24) is 0 Å². The second-order valence-corrected chi connectivity index (χ2v) is 3.80. The van der Waals surface area contributed by atoms with E-state index in [9.17, 15) is 9.59 Å². The van der Waals surface area contributed by atoms with E-state index in [1.165, 1.54) is 13.3 Å². The highest BCUT2D eigenvalue weighted by atomic mass is 16.7. The lowest BCUT2D eigenvalue weighted by molar-refractivity contribution is -0.136. The normalized spacial score (nSPS) is 16.9. The first-order chi connectivity index (χ1) is 7.09. The zero-order valence-corrected chi connectivity index (χ0v) is 8.95. The molecule has 0 radical (unpaired) electrons. The van der Waals surface area contributed by atoms with Crippen molar-refractivity contribution in [2.45, 2.75) is 45.1 Å². The second-order valence-electron chi connectivity index (χ2n) is 3.80. The van der Waals surface area contributed by atoms with Crippen molar-refractivity contribution >= 4 is 12.1 Å². The standard InChI is InChI=1S/C11H16O4/c1-8(2)10(12)15-11(13)14-9-6-4-3-5-7-9/h9H,1,3-7H2,2H3. The van der Waals surface area contributed by atoms with Gasteiger partial charge in [-0.15, -0.1) is 0 Å². The molecule has 1 aliphatic rings. The van der Waals surface area contributed by atoms with Crippen LogP contribution in [0.4, 0.5) is 4.79 Å². The summed E-state index contributed by atoms with van der Waals surface area (Å²) in [5.41, 5.74) is 0.190. The van der Waals surface area contributed by atoms with Crippen molar-refractivity contribution in [2.24, 2.45) is 0 Å². The topological polar surface area (TPSA) is 52.6 Å². The smallest absolute Gasteiger partial charge is 0.431 e. The Bertz CT molecular complexity index is 264. The lowest BCUT2D eigenvalue weighted by Gasteiger charge is -2.20. The molecule has 1 saturated carbocycles. The van der Waals surface area contributed by atoms with E-state index in [2.05, 4.69) is 11.3 Å². The summed E-state index contributed by atoms with van der Waals surface area (Å²) in [6.07, 6.45) is 4.02. The van der Waals surface area contributed by atoms with Crippen LogP contribution in [0.1, 0.15) is 39.0 Å². The Labute approximate surface area is 89.2 Å². The van der Waals surface area contributed by atoms with Crippen molar-refractivity contribution in [1.29, 1.82) is 0 Å². The third kappa shape index (κ3) is 4.14. The SMILES string of the molecule is C=C(C)C(=O)OC(=O)OC1CCCCC1. The summed E-state index contributed by atoms with van der Waals surface area (Å²) in [6.45, 7) is 4.85. The number of hydrogen-bond donors (Lipinski definition) is 0. The molecular formula is C11H16O4. The second kappa shape index (κ2) is 5.53. The summed E-state index contributed by atoms with van der Waals surface area (Å²) in [5.74, 6) is -0.726. The van der Waals surface area contributed by atoms with E-state index in [1.807, 2.05) is 0 Å². The lowest BCUT2D eigenvalue weighted by atomic mass is 9.98. The molecule has 0 aromatic carbocycles. The summed E-state index contributed by atoms with van der Waals surface area (Å²) < 4.78 is 9.40. The molecule has 4 nitrogen and oxygen atoms in total. The Balaban J connectivity index is 2.28. The molecule has 0 bridgehead atoms. The van der Waals surface area contributed by atoms with Gasteiger partial charge in [-0.3, -0.25) is 0 Å². The van der Waals surface area contributed by atoms with Crippen LogP contribution in [0.2, 0.25) is 0 Å². The fourth-order valence-electron chi connectivity index (χ4n) is 1.51. The molecule has 0 saturated heterocycles. The minimum atomic E-state index is -0.907. The highest BCUT2D eigenvalue weighted by Gasteiger charge is 2.20. The molecule has 4 heteroatoms. The van der Waals surface area contributed by atoms with E-state index in [4.69, 9.17) is 4.74 Å². The van der Waals surface area contributed by atoms with Gasteiger partial charge in [0.2, 0.25) is 0 Å². The first kappa shape index (κ1) is 11.8. The Morgan fingerprint density at radius 2 is 1.80 bits per heavy atom. The summed E-state index contributed by atoms with van der Waals surface area (Å²) in [4.78, 5) is 22.1. The van der Waals surface area contributed by atoms with Crippen LogP contribution in [0.15, 0.2) is 12.2 Å². The molecule has 0 heterocycles. The molecule has 0 atom stereocenters. The van der Waals surface area contributed by atoms with E-state index in [0.717, 1.165) is 25.7 Å². The monoisotopic (exact) mass is 212 g/mol. The largest absolute Gasteiger partial charge is 0.516 e. The third-order valence-electron chi connectivity index (χ3n) is 2.34. The average Bonchev–Trinajstić information content (AvgIpc) is 2.18. The van der Waals surface area contributed by atoms with Crippen molar-refractivity contribution in [3.05, 3.63) is 12.2 Å². The predicted octanol–water partition coefficient (Wildman–Crippen LogP) is 2.58. The van der Waals surface area contributed by atoms with Gasteiger partial charge in [-0.05, 0) is 32.6 Å². The molecule has 0 N–H and O–H groups in total. The minimum Gasteiger partial charge on any atom is -0.431 e. The molecule has 15 heavy (non-hydrogen) atoms. The van der Waals surface area contributed by atoms with Gasteiger partial charge in [0, 0.05) is 5.57 Å². The first-order valence-electron chi connectivity index (χ1n) is 5.18. The number of esters is 1. The number of carbonyl (C=O) groups is 2. The average molecular weight is 212 g/mol. The third-order valence-corrected chi connectivity index (χ3v) is 2.34. The van der Waals surface area contributed by atoms with Crippen LogP contribution in [0.5, 0.6) is 0 Å². The molecule has 0 amide bonds. The Morgan fingerprint density at radius 3 is 2.33 bits per heavy atom. The van der Waals surface area contributed by atoms with Crippen LogP contribution in [0.3, 0.4) is 0 Å². The Kier molecular flexibility index (Phi) is 4.34. The van der Waals surface area contributed by atoms with Crippen molar-refractivity contribution in [3.8, 4) is 0 Å². The van der Waals surface area contributed by atoms with Crippen LogP contribution < -0.4 is 0 Å². The van der Waals surface area contributed by atoms with E-state index in [0.29, 0.717) is 0 Å². The van der Waals surface area contributed by atoms with Gasteiger partial charge in [0.15, 0.2) is 0 Å². The summed E-state index contributed by atoms with van der Waals surface area (Å²) in [6, 6.07) is 0. The van der Waals surface area contributed by atoms with Gasteiger partial charge in [0.1, 0.15) is 6.10 Å².